The van der Waals surface area contributed by atoms with Crippen LogP contribution in [0.15, 0.2) is 29.2 Å². The van der Waals surface area contributed by atoms with Crippen molar-refractivity contribution in [2.75, 3.05) is 0 Å². The fraction of sp³-hybridized carbons (Fsp3) is 0.250. The standard InChI is InChI=1S/C12H11ClN2O2S/c13-12-9(2-1-5-14-12)6-17-11(16)4-3-10-7-18-8-15-10/h1-2,5,7-8H,3-4,6H2. The molecule has 2 rings (SSSR count). The first kappa shape index (κ1) is 13.0. The summed E-state index contributed by atoms with van der Waals surface area (Å²) in [5.41, 5.74) is 3.37. The Morgan fingerprint density at radius 2 is 2.33 bits per heavy atom. The Hall–Kier alpha value is -1.46. The number of ether oxygens (including phenoxy) is 1. The molecule has 0 amide bonds. The molecule has 2 aromatic rings. The summed E-state index contributed by atoms with van der Waals surface area (Å²) in [4.78, 5) is 19.5. The number of rotatable bonds is 5. The first-order valence-corrected chi connectivity index (χ1v) is 6.70. The van der Waals surface area contributed by atoms with Crippen molar-refractivity contribution in [2.45, 2.75) is 19.4 Å². The lowest BCUT2D eigenvalue weighted by molar-refractivity contribution is -0.144. The second kappa shape index (κ2) is 6.47. The number of hydrogen-bond acceptors (Lipinski definition) is 5. The quantitative estimate of drug-likeness (QED) is 0.625. The number of hydrogen-bond donors (Lipinski definition) is 0. The van der Waals surface area contributed by atoms with Gasteiger partial charge in [-0.2, -0.15) is 0 Å². The summed E-state index contributed by atoms with van der Waals surface area (Å²) >= 11 is 7.37. The number of halogens is 1. The van der Waals surface area contributed by atoms with Crippen molar-refractivity contribution in [3.05, 3.63) is 45.6 Å². The zero-order chi connectivity index (χ0) is 12.8. The van der Waals surface area contributed by atoms with Gasteiger partial charge in [0, 0.05) is 23.6 Å². The van der Waals surface area contributed by atoms with E-state index in [1.54, 1.807) is 23.8 Å². The van der Waals surface area contributed by atoms with Gasteiger partial charge in [0.1, 0.15) is 11.8 Å². The number of pyridine rings is 1. The summed E-state index contributed by atoms with van der Waals surface area (Å²) in [5.74, 6) is -0.261. The van der Waals surface area contributed by atoms with Gasteiger partial charge < -0.3 is 4.74 Å². The van der Waals surface area contributed by atoms with Crippen LogP contribution in [0.3, 0.4) is 0 Å². The topological polar surface area (TPSA) is 52.1 Å². The maximum absolute atomic E-state index is 11.5. The maximum atomic E-state index is 11.5. The Morgan fingerprint density at radius 1 is 1.44 bits per heavy atom. The average Bonchev–Trinajstić information content (AvgIpc) is 2.88. The van der Waals surface area contributed by atoms with E-state index in [0.717, 1.165) is 5.69 Å². The van der Waals surface area contributed by atoms with E-state index in [2.05, 4.69) is 9.97 Å². The normalized spacial score (nSPS) is 10.3. The molecule has 0 saturated carbocycles. The smallest absolute Gasteiger partial charge is 0.306 e. The van der Waals surface area contributed by atoms with Crippen molar-refractivity contribution in [2.24, 2.45) is 0 Å². The molecule has 0 bridgehead atoms. The minimum absolute atomic E-state index is 0.155. The van der Waals surface area contributed by atoms with Crippen molar-refractivity contribution in [3.8, 4) is 0 Å². The van der Waals surface area contributed by atoms with Crippen molar-refractivity contribution >= 4 is 28.9 Å². The highest BCUT2D eigenvalue weighted by Crippen LogP contribution is 2.13. The van der Waals surface area contributed by atoms with Gasteiger partial charge in [-0.25, -0.2) is 9.97 Å². The lowest BCUT2D eigenvalue weighted by atomic mass is 10.2. The van der Waals surface area contributed by atoms with E-state index in [0.29, 0.717) is 23.6 Å². The average molecular weight is 283 g/mol. The summed E-state index contributed by atoms with van der Waals surface area (Å²) in [6, 6.07) is 3.54. The fourth-order valence-electron chi connectivity index (χ4n) is 1.35. The van der Waals surface area contributed by atoms with Crippen LogP contribution in [0.2, 0.25) is 5.15 Å². The second-order valence-corrected chi connectivity index (χ2v) is 4.67. The van der Waals surface area contributed by atoms with Crippen LogP contribution in [0.5, 0.6) is 0 Å². The van der Waals surface area contributed by atoms with Crippen molar-refractivity contribution in [3.63, 3.8) is 0 Å². The lowest BCUT2D eigenvalue weighted by Gasteiger charge is -2.05. The minimum Gasteiger partial charge on any atom is -0.461 e. The van der Waals surface area contributed by atoms with E-state index in [-0.39, 0.29) is 12.6 Å². The van der Waals surface area contributed by atoms with Crippen LogP contribution in [0, 0.1) is 0 Å². The Labute approximate surface area is 114 Å². The van der Waals surface area contributed by atoms with Gasteiger partial charge in [-0.1, -0.05) is 17.7 Å². The summed E-state index contributed by atoms with van der Waals surface area (Å²) < 4.78 is 5.12. The molecule has 94 valence electrons. The number of esters is 1. The van der Waals surface area contributed by atoms with Gasteiger partial charge in [-0.15, -0.1) is 11.3 Å². The van der Waals surface area contributed by atoms with Gasteiger partial charge in [-0.05, 0) is 6.07 Å². The number of aryl methyl sites for hydroxylation is 1. The zero-order valence-electron chi connectivity index (χ0n) is 9.51. The molecular weight excluding hydrogens is 272 g/mol. The van der Waals surface area contributed by atoms with E-state index in [1.165, 1.54) is 11.3 Å². The third-order valence-electron chi connectivity index (χ3n) is 2.29. The fourth-order valence-corrected chi connectivity index (χ4v) is 2.12. The Balaban J connectivity index is 1.77. The third-order valence-corrected chi connectivity index (χ3v) is 3.27. The van der Waals surface area contributed by atoms with Crippen molar-refractivity contribution < 1.29 is 9.53 Å². The molecule has 0 aromatic carbocycles. The zero-order valence-corrected chi connectivity index (χ0v) is 11.1. The van der Waals surface area contributed by atoms with E-state index < -0.39 is 0 Å². The van der Waals surface area contributed by atoms with E-state index in [9.17, 15) is 4.79 Å². The predicted octanol–water partition coefficient (Wildman–Crippen LogP) is 2.87. The summed E-state index contributed by atoms with van der Waals surface area (Å²) in [7, 11) is 0. The molecule has 0 fully saturated rings. The van der Waals surface area contributed by atoms with Gasteiger partial charge in [0.2, 0.25) is 0 Å². The number of nitrogens with zero attached hydrogens (tertiary/aromatic N) is 2. The van der Waals surface area contributed by atoms with Crippen LogP contribution in [0.1, 0.15) is 17.7 Å². The van der Waals surface area contributed by atoms with Crippen LogP contribution in [0.25, 0.3) is 0 Å². The largest absolute Gasteiger partial charge is 0.461 e. The molecule has 4 nitrogen and oxygen atoms in total. The van der Waals surface area contributed by atoms with Crippen molar-refractivity contribution in [1.29, 1.82) is 0 Å². The maximum Gasteiger partial charge on any atom is 0.306 e. The predicted molar refractivity (Wildman–Crippen MR) is 69.5 cm³/mol. The molecule has 0 atom stereocenters. The minimum atomic E-state index is -0.261. The first-order chi connectivity index (χ1) is 8.75. The first-order valence-electron chi connectivity index (χ1n) is 5.38. The highest BCUT2D eigenvalue weighted by atomic mass is 35.5. The monoisotopic (exact) mass is 282 g/mol. The molecular formula is C12H11ClN2O2S. The molecule has 0 saturated heterocycles. The third kappa shape index (κ3) is 3.78. The SMILES string of the molecule is O=C(CCc1cscn1)OCc1cccnc1Cl. The van der Waals surface area contributed by atoms with Gasteiger partial charge in [0.15, 0.2) is 0 Å². The molecule has 0 aliphatic carbocycles. The Morgan fingerprint density at radius 3 is 3.06 bits per heavy atom. The number of thiazole rings is 1. The number of carbonyl (C=O) groups excluding carboxylic acids is 1. The Kier molecular flexibility index (Phi) is 4.66. The molecule has 0 aliphatic heterocycles. The lowest BCUT2D eigenvalue weighted by Crippen LogP contribution is -2.06. The number of aromatic nitrogens is 2. The van der Waals surface area contributed by atoms with Gasteiger partial charge in [0.05, 0.1) is 17.6 Å². The van der Waals surface area contributed by atoms with E-state index in [4.69, 9.17) is 16.3 Å². The molecule has 18 heavy (non-hydrogen) atoms. The molecule has 0 N–H and O–H groups in total. The van der Waals surface area contributed by atoms with E-state index in [1.807, 2.05) is 5.38 Å². The van der Waals surface area contributed by atoms with E-state index >= 15 is 0 Å². The molecule has 0 spiro atoms. The molecule has 2 aromatic heterocycles. The highest BCUT2D eigenvalue weighted by molar-refractivity contribution is 7.07. The molecule has 0 aliphatic rings. The molecule has 0 unspecified atom stereocenters. The van der Waals surface area contributed by atoms with Crippen LogP contribution in [-0.2, 0) is 22.6 Å². The van der Waals surface area contributed by atoms with Crippen LogP contribution < -0.4 is 0 Å². The molecule has 0 radical (unpaired) electrons. The molecule has 2 heterocycles. The van der Waals surface area contributed by atoms with Gasteiger partial charge in [0.25, 0.3) is 0 Å². The van der Waals surface area contributed by atoms with Gasteiger partial charge in [-0.3, -0.25) is 4.79 Å². The highest BCUT2D eigenvalue weighted by Gasteiger charge is 2.07. The van der Waals surface area contributed by atoms with Gasteiger partial charge >= 0.3 is 5.97 Å². The van der Waals surface area contributed by atoms with Crippen molar-refractivity contribution in [1.82, 2.24) is 9.97 Å². The second-order valence-electron chi connectivity index (χ2n) is 3.59. The summed E-state index contributed by atoms with van der Waals surface area (Å²) in [6.07, 6.45) is 2.51. The summed E-state index contributed by atoms with van der Waals surface area (Å²) in [6.45, 7) is 0.155. The van der Waals surface area contributed by atoms with Crippen LogP contribution in [0.4, 0.5) is 0 Å². The Bertz CT molecular complexity index is 517. The summed E-state index contributed by atoms with van der Waals surface area (Å²) in [5, 5.41) is 2.29. The number of carbonyl (C=O) groups is 1. The van der Waals surface area contributed by atoms with Crippen LogP contribution >= 0.6 is 22.9 Å². The molecule has 6 heteroatoms. The van der Waals surface area contributed by atoms with Crippen LogP contribution in [-0.4, -0.2) is 15.9 Å².